The van der Waals surface area contributed by atoms with Crippen molar-refractivity contribution in [2.75, 3.05) is 0 Å². The van der Waals surface area contributed by atoms with Gasteiger partial charge in [-0.05, 0) is 62.9 Å². The molecule has 8 aromatic carbocycles. The quantitative estimate of drug-likeness (QED) is 0.181. The third-order valence-electron chi connectivity index (χ3n) is 10.3. The number of aromatic nitrogens is 2. The number of hydrogen-bond donors (Lipinski definition) is 0. The molecule has 10 rings (SSSR count). The molecule has 0 bridgehead atoms. The standard InChI is InChI=1S/C49H32N2S/c1-31-46(35-14-4-2-5-15-35)50-49(51-47(31)36-16-6-3-7-17-36)43-30-44-45(41-20-11-10-19-40(41)43)42-22-12-21-39(48(42)52-44)34-26-23-33(24-27-34)38-28-25-32-13-8-9-18-37(32)29-38/h2-30H,1H3. The molecule has 10 aromatic rings. The van der Waals surface area contributed by atoms with Gasteiger partial charge in [0.2, 0.25) is 0 Å². The SMILES string of the molecule is Cc1c(-c2ccccc2)nc(-c2cc3sc4c(-c5ccc(-c6ccc7ccccc7c6)cc5)cccc4c3c3ccccc23)nc1-c1ccccc1. The number of thiophene rings is 1. The van der Waals surface area contributed by atoms with Crippen LogP contribution in [0.25, 0.3) is 97.9 Å². The summed E-state index contributed by atoms with van der Waals surface area (Å²) in [6, 6.07) is 63.0. The Morgan fingerprint density at radius 2 is 0.981 bits per heavy atom. The molecule has 0 saturated heterocycles. The summed E-state index contributed by atoms with van der Waals surface area (Å²) in [6.07, 6.45) is 0. The van der Waals surface area contributed by atoms with Crippen LogP contribution >= 0.6 is 11.3 Å². The van der Waals surface area contributed by atoms with Crippen LogP contribution in [0.2, 0.25) is 0 Å². The summed E-state index contributed by atoms with van der Waals surface area (Å²) in [5.41, 5.74) is 11.1. The predicted molar refractivity (Wildman–Crippen MR) is 222 cm³/mol. The highest BCUT2D eigenvalue weighted by atomic mass is 32.1. The third-order valence-corrected chi connectivity index (χ3v) is 11.5. The largest absolute Gasteiger partial charge is 0.228 e. The van der Waals surface area contributed by atoms with E-state index in [0.717, 1.165) is 44.9 Å². The molecule has 2 aromatic heterocycles. The highest BCUT2D eigenvalue weighted by Gasteiger charge is 2.20. The Balaban J connectivity index is 1.15. The molecule has 0 N–H and O–H groups in total. The zero-order valence-electron chi connectivity index (χ0n) is 28.5. The van der Waals surface area contributed by atoms with Gasteiger partial charge in [-0.25, -0.2) is 9.97 Å². The van der Waals surface area contributed by atoms with Gasteiger partial charge >= 0.3 is 0 Å². The molecule has 0 aliphatic rings. The second-order valence-corrected chi connectivity index (χ2v) is 14.4. The fraction of sp³-hybridized carbons (Fsp3) is 0.0204. The number of benzene rings is 8. The molecule has 52 heavy (non-hydrogen) atoms. The highest BCUT2D eigenvalue weighted by Crippen LogP contribution is 2.46. The number of rotatable bonds is 5. The fourth-order valence-electron chi connectivity index (χ4n) is 7.68. The van der Waals surface area contributed by atoms with Gasteiger partial charge in [-0.3, -0.25) is 0 Å². The van der Waals surface area contributed by atoms with E-state index in [9.17, 15) is 0 Å². The minimum atomic E-state index is 0.739. The first-order valence-electron chi connectivity index (χ1n) is 17.7. The molecule has 0 spiro atoms. The van der Waals surface area contributed by atoms with E-state index >= 15 is 0 Å². The summed E-state index contributed by atoms with van der Waals surface area (Å²) < 4.78 is 2.52. The van der Waals surface area contributed by atoms with Gasteiger partial charge in [-0.15, -0.1) is 11.3 Å². The molecule has 0 amide bonds. The van der Waals surface area contributed by atoms with Gasteiger partial charge < -0.3 is 0 Å². The summed E-state index contributed by atoms with van der Waals surface area (Å²) in [6.45, 7) is 2.14. The summed E-state index contributed by atoms with van der Waals surface area (Å²) in [7, 11) is 0. The minimum Gasteiger partial charge on any atom is -0.228 e. The van der Waals surface area contributed by atoms with E-state index in [1.807, 2.05) is 11.3 Å². The highest BCUT2D eigenvalue weighted by molar-refractivity contribution is 7.26. The summed E-state index contributed by atoms with van der Waals surface area (Å²) in [4.78, 5) is 10.6. The summed E-state index contributed by atoms with van der Waals surface area (Å²) >= 11 is 1.86. The van der Waals surface area contributed by atoms with Gasteiger partial charge in [0.25, 0.3) is 0 Å². The molecule has 3 heteroatoms. The van der Waals surface area contributed by atoms with Gasteiger partial charge in [0, 0.05) is 42.4 Å². The van der Waals surface area contributed by atoms with E-state index in [1.54, 1.807) is 0 Å². The molecule has 0 saturated carbocycles. The van der Waals surface area contributed by atoms with E-state index < -0.39 is 0 Å². The van der Waals surface area contributed by atoms with E-state index in [-0.39, 0.29) is 0 Å². The summed E-state index contributed by atoms with van der Waals surface area (Å²) in [5.74, 6) is 0.739. The molecule has 0 aliphatic heterocycles. The summed E-state index contributed by atoms with van der Waals surface area (Å²) in [5, 5.41) is 7.45. The van der Waals surface area contributed by atoms with Crippen molar-refractivity contribution < 1.29 is 0 Å². The number of hydrogen-bond acceptors (Lipinski definition) is 3. The van der Waals surface area contributed by atoms with Gasteiger partial charge in [-0.1, -0.05) is 164 Å². The Kier molecular flexibility index (Phi) is 7.26. The maximum atomic E-state index is 5.32. The Hall–Kier alpha value is -6.42. The number of nitrogens with zero attached hydrogens (tertiary/aromatic N) is 2. The molecule has 0 unspecified atom stereocenters. The Labute approximate surface area is 306 Å². The van der Waals surface area contributed by atoms with Gasteiger partial charge in [0.1, 0.15) is 0 Å². The van der Waals surface area contributed by atoms with Crippen molar-refractivity contribution in [3.05, 3.63) is 181 Å². The van der Waals surface area contributed by atoms with Crippen LogP contribution in [0, 0.1) is 6.92 Å². The Morgan fingerprint density at radius 3 is 1.69 bits per heavy atom. The average molecular weight is 681 g/mol. The van der Waals surface area contributed by atoms with Gasteiger partial charge in [0.05, 0.1) is 11.4 Å². The van der Waals surface area contributed by atoms with Crippen molar-refractivity contribution in [3.63, 3.8) is 0 Å². The maximum Gasteiger partial charge on any atom is 0.161 e. The van der Waals surface area contributed by atoms with Crippen LogP contribution < -0.4 is 0 Å². The van der Waals surface area contributed by atoms with Crippen molar-refractivity contribution in [3.8, 4) is 56.2 Å². The molecule has 0 radical (unpaired) electrons. The van der Waals surface area contributed by atoms with Gasteiger partial charge in [-0.2, -0.15) is 0 Å². The average Bonchev–Trinajstić information content (AvgIpc) is 3.60. The van der Waals surface area contributed by atoms with E-state index in [2.05, 4.69) is 183 Å². The lowest BCUT2D eigenvalue weighted by atomic mass is 9.95. The predicted octanol–water partition coefficient (Wildman–Crippen LogP) is 13.8. The van der Waals surface area contributed by atoms with Crippen LogP contribution in [-0.2, 0) is 0 Å². The first-order valence-corrected chi connectivity index (χ1v) is 18.5. The van der Waals surface area contributed by atoms with Crippen molar-refractivity contribution in [2.45, 2.75) is 6.92 Å². The van der Waals surface area contributed by atoms with Crippen molar-refractivity contribution in [1.82, 2.24) is 9.97 Å². The van der Waals surface area contributed by atoms with Crippen LogP contribution in [0.1, 0.15) is 5.56 Å². The third kappa shape index (κ3) is 5.09. The first-order chi connectivity index (χ1) is 25.7. The van der Waals surface area contributed by atoms with E-state index in [1.165, 1.54) is 58.6 Å². The molecule has 0 atom stereocenters. The molecule has 0 aliphatic carbocycles. The molecular formula is C49H32N2S. The molecule has 0 fully saturated rings. The lowest BCUT2D eigenvalue weighted by Crippen LogP contribution is -2.00. The molecule has 2 nitrogen and oxygen atoms in total. The van der Waals surface area contributed by atoms with Crippen LogP contribution in [-0.4, -0.2) is 9.97 Å². The van der Waals surface area contributed by atoms with Gasteiger partial charge in [0.15, 0.2) is 5.82 Å². The Morgan fingerprint density at radius 1 is 0.404 bits per heavy atom. The van der Waals surface area contributed by atoms with E-state index in [4.69, 9.17) is 9.97 Å². The minimum absolute atomic E-state index is 0.739. The lowest BCUT2D eigenvalue weighted by molar-refractivity contribution is 1.15. The molecule has 244 valence electrons. The zero-order valence-corrected chi connectivity index (χ0v) is 29.4. The zero-order chi connectivity index (χ0) is 34.6. The van der Waals surface area contributed by atoms with Crippen LogP contribution in [0.5, 0.6) is 0 Å². The molecule has 2 heterocycles. The van der Waals surface area contributed by atoms with Crippen molar-refractivity contribution >= 4 is 53.1 Å². The second-order valence-electron chi connectivity index (χ2n) is 13.4. The molecular weight excluding hydrogens is 649 g/mol. The smallest absolute Gasteiger partial charge is 0.161 e. The van der Waals surface area contributed by atoms with E-state index in [0.29, 0.717) is 0 Å². The topological polar surface area (TPSA) is 25.8 Å². The maximum absolute atomic E-state index is 5.32. The number of fused-ring (bicyclic) bond motifs is 6. The Bertz CT molecular complexity index is 2880. The van der Waals surface area contributed by atoms with Crippen LogP contribution in [0.15, 0.2) is 176 Å². The normalized spacial score (nSPS) is 11.6. The first kappa shape index (κ1) is 30.4. The monoisotopic (exact) mass is 680 g/mol. The van der Waals surface area contributed by atoms with Crippen LogP contribution in [0.3, 0.4) is 0 Å². The van der Waals surface area contributed by atoms with Crippen molar-refractivity contribution in [2.24, 2.45) is 0 Å². The lowest BCUT2D eigenvalue weighted by Gasteiger charge is -2.15. The van der Waals surface area contributed by atoms with Crippen LogP contribution in [0.4, 0.5) is 0 Å². The van der Waals surface area contributed by atoms with Crippen molar-refractivity contribution in [1.29, 1.82) is 0 Å². The fourth-order valence-corrected chi connectivity index (χ4v) is 8.97. The second kappa shape index (κ2) is 12.4.